The lowest BCUT2D eigenvalue weighted by molar-refractivity contribution is -0.138. The number of unbranched alkanes of at least 4 members (excludes halogenated alkanes) is 2. The number of ketones is 2. The van der Waals surface area contributed by atoms with E-state index < -0.39 is 79.7 Å². The molecule has 2 saturated heterocycles. The van der Waals surface area contributed by atoms with Crippen LogP contribution in [0.15, 0.2) is 120 Å². The molecule has 5 aromatic rings. The van der Waals surface area contributed by atoms with Crippen LogP contribution in [0.5, 0.6) is 0 Å². The van der Waals surface area contributed by atoms with Crippen molar-refractivity contribution in [1.82, 2.24) is 50.5 Å². The Balaban J connectivity index is 0.900. The number of carbonyl (C=O) groups is 6. The van der Waals surface area contributed by atoms with Crippen LogP contribution in [0.3, 0.4) is 0 Å². The summed E-state index contributed by atoms with van der Waals surface area (Å²) < 4.78 is 85.6. The van der Waals surface area contributed by atoms with Crippen molar-refractivity contribution >= 4 is 55.2 Å². The molecular weight excluding hydrogens is 1100 g/mol. The van der Waals surface area contributed by atoms with Gasteiger partial charge >= 0.3 is 0 Å². The van der Waals surface area contributed by atoms with Gasteiger partial charge in [-0.15, -0.1) is 0 Å². The number of amides is 4. The maximum Gasteiger partial charge on any atom is 0.245 e. The lowest BCUT2D eigenvalue weighted by Gasteiger charge is -2.30. The van der Waals surface area contributed by atoms with Crippen molar-refractivity contribution in [1.29, 1.82) is 0 Å². The van der Waals surface area contributed by atoms with Crippen molar-refractivity contribution in [3.63, 3.8) is 0 Å². The number of halogens is 2. The highest BCUT2D eigenvalue weighted by Gasteiger charge is 2.37. The molecule has 3 aromatic carbocycles. The van der Waals surface area contributed by atoms with Gasteiger partial charge in [0, 0.05) is 73.2 Å². The normalized spacial score (nSPS) is 17.0. The molecule has 4 heterocycles. The zero-order valence-corrected chi connectivity index (χ0v) is 47.8. The molecule has 0 bridgehead atoms. The second-order valence-corrected chi connectivity index (χ2v) is 24.0. The smallest absolute Gasteiger partial charge is 0.245 e. The fourth-order valence-corrected chi connectivity index (χ4v) is 12.1. The van der Waals surface area contributed by atoms with E-state index in [1.165, 1.54) is 85.2 Å². The number of aromatic nitrogens is 2. The lowest BCUT2D eigenvalue weighted by Crippen LogP contribution is -2.52. The summed E-state index contributed by atoms with van der Waals surface area (Å²) in [7, 11) is -4.99. The highest BCUT2D eigenvalue weighted by Crippen LogP contribution is 2.35. The molecule has 0 spiro atoms. The first kappa shape index (κ1) is 62.4. The van der Waals surface area contributed by atoms with Gasteiger partial charge in [-0.1, -0.05) is 0 Å². The van der Waals surface area contributed by atoms with Gasteiger partial charge in [-0.2, -0.15) is 0 Å². The molecule has 2 aliphatic heterocycles. The SMILES string of the molecule is CN[C@@H](C)C(=O)N[C@@H](CCCCNS(=O)(=O)c1ccc(S(=O)(=O)NCCCC[C@H](NC(=O)[C@H](C)NC)C(=O)N2CCC[C@H]2c2cncc(C(=O)c3ccc(F)cc3)c2)cc1)C(=O)N1CCC[C@H]1c1cncc(C(=O)c2ccc(F)cc2)c1. The third kappa shape index (κ3) is 16.1. The number of hydrogen-bond acceptors (Lipinski definition) is 14. The predicted octanol–water partition coefficient (Wildman–Crippen LogP) is 5.03. The predicted molar refractivity (Wildman–Crippen MR) is 301 cm³/mol. The number of nitrogens with one attached hydrogen (secondary N) is 6. The number of carbonyl (C=O) groups excluding carboxylic acids is 6. The van der Waals surface area contributed by atoms with Gasteiger partial charge in [0.25, 0.3) is 0 Å². The molecule has 0 unspecified atom stereocenters. The molecule has 24 heteroatoms. The summed E-state index contributed by atoms with van der Waals surface area (Å²) in [5, 5.41) is 11.4. The van der Waals surface area contributed by atoms with Crippen molar-refractivity contribution in [3.05, 3.63) is 155 Å². The second-order valence-electron chi connectivity index (χ2n) is 20.5. The molecule has 20 nitrogen and oxygen atoms in total. The molecule has 6 N–H and O–H groups in total. The summed E-state index contributed by atoms with van der Waals surface area (Å²) in [6, 6.07) is 14.3. The summed E-state index contributed by atoms with van der Waals surface area (Å²) in [4.78, 5) is 92.8. The van der Waals surface area contributed by atoms with Gasteiger partial charge in [0.2, 0.25) is 43.7 Å². The molecule has 4 amide bonds. The molecule has 438 valence electrons. The van der Waals surface area contributed by atoms with E-state index in [9.17, 15) is 54.4 Å². The molecule has 2 aliphatic rings. The zero-order chi connectivity index (χ0) is 59.1. The van der Waals surface area contributed by atoms with Gasteiger partial charge < -0.3 is 31.1 Å². The number of likely N-dealkylation sites (N-methyl/N-ethyl adjacent to an activating group) is 2. The Bertz CT molecular complexity index is 3090. The van der Waals surface area contributed by atoms with Gasteiger partial charge in [0.15, 0.2) is 11.6 Å². The number of likely N-dealkylation sites (tertiary alicyclic amines) is 2. The highest BCUT2D eigenvalue weighted by molar-refractivity contribution is 7.90. The van der Waals surface area contributed by atoms with Gasteiger partial charge in [-0.25, -0.2) is 35.1 Å². The van der Waals surface area contributed by atoms with Gasteiger partial charge in [-0.05, 0) is 188 Å². The van der Waals surface area contributed by atoms with Crippen molar-refractivity contribution in [3.8, 4) is 0 Å². The van der Waals surface area contributed by atoms with E-state index in [4.69, 9.17) is 0 Å². The third-order valence-electron chi connectivity index (χ3n) is 14.8. The standard InChI is InChI=1S/C58H70F2N10O10S2/c1-37(61-3)55(73)67-49(57(75)69-29-9-13-51(69)41-31-43(35-63-33-41)53(71)39-15-19-45(59)20-16-39)11-5-7-27-65-81(77,78)47-23-25-48(26-24-47)82(79,80)66-28-8-6-12-50(68-56(74)38(2)62-4)58(76)70-30-10-14-52(70)42-32-44(36-64-34-42)54(72)40-17-21-46(60)22-18-40/h15-26,31-38,49-52,61-62,65-66H,5-14,27-30H2,1-4H3,(H,67,73)(H,68,74)/t37-,38-,49-,50-,51-,52-/m0/s1. The minimum absolute atomic E-state index is 0.0323. The molecule has 0 radical (unpaired) electrons. The van der Waals surface area contributed by atoms with Crippen LogP contribution in [0.1, 0.15) is 133 Å². The van der Waals surface area contributed by atoms with E-state index in [0.29, 0.717) is 62.7 Å². The number of hydrogen-bond donors (Lipinski definition) is 6. The van der Waals surface area contributed by atoms with Crippen LogP contribution in [0, 0.1) is 11.6 Å². The Morgan fingerprint density at radius 3 is 1.26 bits per heavy atom. The summed E-state index contributed by atoms with van der Waals surface area (Å²) in [5.74, 6) is -3.15. The molecule has 0 aliphatic carbocycles. The lowest BCUT2D eigenvalue weighted by atomic mass is 9.99. The van der Waals surface area contributed by atoms with Gasteiger partial charge in [0.1, 0.15) is 23.7 Å². The average molecular weight is 1170 g/mol. The van der Waals surface area contributed by atoms with Crippen LogP contribution in [0.4, 0.5) is 8.78 Å². The van der Waals surface area contributed by atoms with Crippen molar-refractivity contribution in [2.45, 2.75) is 124 Å². The molecule has 82 heavy (non-hydrogen) atoms. The maximum atomic E-state index is 14.3. The zero-order valence-electron chi connectivity index (χ0n) is 46.2. The summed E-state index contributed by atoms with van der Waals surface area (Å²) in [6.45, 7) is 4.01. The quantitative estimate of drug-likeness (QED) is 0.0283. The number of sulfonamides is 2. The Morgan fingerprint density at radius 2 is 0.902 bits per heavy atom. The molecular formula is C58H70F2N10O10S2. The van der Waals surface area contributed by atoms with Gasteiger partial charge in [-0.3, -0.25) is 38.7 Å². The first-order chi connectivity index (χ1) is 39.2. The Morgan fingerprint density at radius 1 is 0.537 bits per heavy atom. The van der Waals surface area contributed by atoms with Crippen LogP contribution in [0.25, 0.3) is 0 Å². The minimum Gasteiger partial charge on any atom is -0.343 e. The topological polar surface area (TPSA) is 275 Å². The van der Waals surface area contributed by atoms with Crippen molar-refractivity contribution in [2.24, 2.45) is 0 Å². The molecule has 6 atom stereocenters. The van der Waals surface area contributed by atoms with Crippen LogP contribution in [0.2, 0.25) is 0 Å². The van der Waals surface area contributed by atoms with E-state index >= 15 is 0 Å². The fourth-order valence-electron chi connectivity index (χ4n) is 9.91. The fraction of sp³-hybridized carbons (Fsp3) is 0.414. The first-order valence-electron chi connectivity index (χ1n) is 27.4. The van der Waals surface area contributed by atoms with E-state index in [1.54, 1.807) is 62.3 Å². The summed E-state index contributed by atoms with van der Waals surface area (Å²) >= 11 is 0. The Labute approximate surface area is 477 Å². The summed E-state index contributed by atoms with van der Waals surface area (Å²) in [6.07, 6.45) is 10.1. The van der Waals surface area contributed by atoms with Crippen LogP contribution in [-0.4, -0.2) is 136 Å². The summed E-state index contributed by atoms with van der Waals surface area (Å²) in [5.41, 5.74) is 2.38. The monoisotopic (exact) mass is 1170 g/mol. The highest BCUT2D eigenvalue weighted by atomic mass is 32.2. The minimum atomic E-state index is -4.11. The second kappa shape index (κ2) is 28.7. The average Bonchev–Trinajstić information content (AvgIpc) is 4.38. The Kier molecular flexibility index (Phi) is 21.8. The van der Waals surface area contributed by atoms with Crippen LogP contribution in [-0.2, 0) is 39.2 Å². The van der Waals surface area contributed by atoms with E-state index in [0.717, 1.165) is 0 Å². The van der Waals surface area contributed by atoms with Gasteiger partial charge in [0.05, 0.1) is 34.0 Å². The van der Waals surface area contributed by atoms with Crippen LogP contribution >= 0.6 is 0 Å². The van der Waals surface area contributed by atoms with E-state index in [2.05, 4.69) is 40.7 Å². The number of rotatable bonds is 28. The number of pyridine rings is 2. The number of benzene rings is 3. The molecule has 0 saturated carbocycles. The first-order valence-corrected chi connectivity index (χ1v) is 30.3. The van der Waals surface area contributed by atoms with Crippen molar-refractivity contribution < 1.29 is 54.4 Å². The number of nitrogens with zero attached hydrogens (tertiary/aromatic N) is 4. The van der Waals surface area contributed by atoms with Crippen LogP contribution < -0.4 is 30.7 Å². The Hall–Kier alpha value is -7.22. The molecule has 7 rings (SSSR count). The van der Waals surface area contributed by atoms with E-state index in [-0.39, 0.29) is 94.2 Å². The van der Waals surface area contributed by atoms with E-state index in [1.807, 2.05) is 0 Å². The maximum absolute atomic E-state index is 14.3. The molecule has 2 fully saturated rings. The van der Waals surface area contributed by atoms with Crippen molar-refractivity contribution in [2.75, 3.05) is 40.3 Å². The molecule has 2 aromatic heterocycles. The third-order valence-corrected chi connectivity index (χ3v) is 17.8. The largest absolute Gasteiger partial charge is 0.343 e.